The third-order valence-corrected chi connectivity index (χ3v) is 4.73. The number of hydrogen-bond donors (Lipinski definition) is 1. The molecule has 1 aliphatic carbocycles. The molecule has 2 atom stereocenters. The fourth-order valence-electron chi connectivity index (χ4n) is 2.02. The molecule has 0 aromatic carbocycles. The van der Waals surface area contributed by atoms with Crippen LogP contribution in [0.3, 0.4) is 0 Å². The molecule has 0 bridgehead atoms. The normalized spacial score (nSPS) is 25.7. The van der Waals surface area contributed by atoms with Crippen LogP contribution < -0.4 is 5.32 Å². The van der Waals surface area contributed by atoms with Crippen molar-refractivity contribution in [2.75, 3.05) is 11.1 Å². The van der Waals surface area contributed by atoms with Gasteiger partial charge in [-0.05, 0) is 25.5 Å². The number of hydrogen-bond acceptors (Lipinski definition) is 5. The molecule has 2 rings (SSSR count). The average Bonchev–Trinajstić information content (AvgIpc) is 2.78. The van der Waals surface area contributed by atoms with Crippen molar-refractivity contribution in [1.82, 2.24) is 9.36 Å². The zero-order valence-electron chi connectivity index (χ0n) is 9.19. The zero-order chi connectivity index (χ0) is 10.7. The first-order valence-corrected chi connectivity index (χ1v) is 7.30. The van der Waals surface area contributed by atoms with Crippen molar-refractivity contribution in [1.29, 1.82) is 0 Å². The van der Waals surface area contributed by atoms with E-state index in [0.29, 0.717) is 6.04 Å². The molecule has 1 fully saturated rings. The topological polar surface area (TPSA) is 37.8 Å². The van der Waals surface area contributed by atoms with Gasteiger partial charge in [-0.1, -0.05) is 13.3 Å². The summed E-state index contributed by atoms with van der Waals surface area (Å²) in [4.78, 5) is 4.36. The van der Waals surface area contributed by atoms with E-state index in [9.17, 15) is 0 Å². The van der Waals surface area contributed by atoms with Gasteiger partial charge in [-0.15, -0.1) is 0 Å². The van der Waals surface area contributed by atoms with E-state index in [0.717, 1.165) is 16.2 Å². The molecule has 1 aromatic rings. The van der Waals surface area contributed by atoms with Gasteiger partial charge < -0.3 is 5.32 Å². The molecule has 5 heteroatoms. The molecule has 1 aliphatic rings. The first kappa shape index (κ1) is 11.2. The van der Waals surface area contributed by atoms with Crippen LogP contribution in [0, 0.1) is 6.92 Å². The maximum Gasteiger partial charge on any atom is 0.202 e. The number of thioether (sulfide) groups is 1. The zero-order valence-corrected chi connectivity index (χ0v) is 10.8. The Kier molecular flexibility index (Phi) is 3.86. The predicted molar refractivity (Wildman–Crippen MR) is 67.8 cm³/mol. The molecule has 0 amide bonds. The second kappa shape index (κ2) is 5.16. The summed E-state index contributed by atoms with van der Waals surface area (Å²) in [5, 5.41) is 5.27. The highest BCUT2D eigenvalue weighted by Crippen LogP contribution is 2.32. The lowest BCUT2D eigenvalue weighted by atomic mass is 10.2. The summed E-state index contributed by atoms with van der Waals surface area (Å²) in [7, 11) is 0. The summed E-state index contributed by atoms with van der Waals surface area (Å²) in [5.41, 5.74) is 0. The lowest BCUT2D eigenvalue weighted by Crippen LogP contribution is -2.26. The van der Waals surface area contributed by atoms with Gasteiger partial charge in [0.25, 0.3) is 0 Å². The van der Waals surface area contributed by atoms with Gasteiger partial charge in [-0.3, -0.25) is 0 Å². The maximum absolute atomic E-state index is 4.36. The van der Waals surface area contributed by atoms with Gasteiger partial charge in [0.1, 0.15) is 5.82 Å². The van der Waals surface area contributed by atoms with Crippen molar-refractivity contribution in [3.8, 4) is 0 Å². The Morgan fingerprint density at radius 3 is 3.07 bits per heavy atom. The average molecular weight is 243 g/mol. The van der Waals surface area contributed by atoms with Crippen LogP contribution in [-0.2, 0) is 0 Å². The Bertz CT molecular complexity index is 313. The quantitative estimate of drug-likeness (QED) is 0.882. The van der Waals surface area contributed by atoms with Gasteiger partial charge in [0.05, 0.1) is 0 Å². The molecule has 84 valence electrons. The molecule has 1 N–H and O–H groups in total. The van der Waals surface area contributed by atoms with E-state index < -0.39 is 0 Å². The van der Waals surface area contributed by atoms with Crippen molar-refractivity contribution >= 4 is 28.4 Å². The van der Waals surface area contributed by atoms with Gasteiger partial charge in [0.2, 0.25) is 5.13 Å². The van der Waals surface area contributed by atoms with Crippen LogP contribution in [0.2, 0.25) is 0 Å². The minimum absolute atomic E-state index is 0.599. The van der Waals surface area contributed by atoms with E-state index in [1.807, 2.05) is 6.92 Å². The van der Waals surface area contributed by atoms with Crippen LogP contribution in [0.5, 0.6) is 0 Å². The standard InChI is InChI=1S/C10H17N3S2/c1-3-14-9-6-4-5-8(9)12-10-11-7(2)13-15-10/h8-9H,3-6H2,1-2H3,(H,11,12,13). The van der Waals surface area contributed by atoms with Crippen LogP contribution in [-0.4, -0.2) is 26.4 Å². The summed E-state index contributed by atoms with van der Waals surface area (Å²) in [6, 6.07) is 0.599. The van der Waals surface area contributed by atoms with Crippen molar-refractivity contribution in [3.63, 3.8) is 0 Å². The van der Waals surface area contributed by atoms with E-state index in [-0.39, 0.29) is 0 Å². The summed E-state index contributed by atoms with van der Waals surface area (Å²) in [6.07, 6.45) is 3.96. The molecule has 1 saturated carbocycles. The Balaban J connectivity index is 1.93. The third-order valence-electron chi connectivity index (χ3n) is 2.67. The van der Waals surface area contributed by atoms with Crippen molar-refractivity contribution in [2.24, 2.45) is 0 Å². The Labute approximate surface area is 99.2 Å². The molecule has 1 heterocycles. The molecule has 15 heavy (non-hydrogen) atoms. The van der Waals surface area contributed by atoms with Gasteiger partial charge in [0, 0.05) is 22.8 Å². The van der Waals surface area contributed by atoms with Crippen LogP contribution >= 0.6 is 23.3 Å². The van der Waals surface area contributed by atoms with Crippen LogP contribution in [0.15, 0.2) is 0 Å². The predicted octanol–water partition coefficient (Wildman–Crippen LogP) is 2.93. The Morgan fingerprint density at radius 1 is 1.53 bits per heavy atom. The monoisotopic (exact) mass is 243 g/mol. The van der Waals surface area contributed by atoms with E-state index in [2.05, 4.69) is 33.4 Å². The van der Waals surface area contributed by atoms with Crippen molar-refractivity contribution in [3.05, 3.63) is 5.82 Å². The number of nitrogens with one attached hydrogen (secondary N) is 1. The fourth-order valence-corrected chi connectivity index (χ4v) is 3.85. The highest BCUT2D eigenvalue weighted by atomic mass is 32.2. The number of anilines is 1. The van der Waals surface area contributed by atoms with Crippen LogP contribution in [0.1, 0.15) is 32.0 Å². The number of aryl methyl sites for hydroxylation is 1. The molecule has 0 saturated heterocycles. The molecular weight excluding hydrogens is 226 g/mol. The number of aromatic nitrogens is 2. The van der Waals surface area contributed by atoms with E-state index >= 15 is 0 Å². The second-order valence-electron chi connectivity index (χ2n) is 3.82. The minimum atomic E-state index is 0.599. The summed E-state index contributed by atoms with van der Waals surface area (Å²) in [5.74, 6) is 2.08. The largest absolute Gasteiger partial charge is 0.356 e. The van der Waals surface area contributed by atoms with Crippen molar-refractivity contribution in [2.45, 2.75) is 44.4 Å². The Hall–Kier alpha value is -0.290. The summed E-state index contributed by atoms with van der Waals surface area (Å²) < 4.78 is 4.19. The maximum atomic E-state index is 4.36. The highest BCUT2D eigenvalue weighted by molar-refractivity contribution is 7.99. The number of nitrogens with zero attached hydrogens (tertiary/aromatic N) is 2. The van der Waals surface area contributed by atoms with Crippen LogP contribution in [0.4, 0.5) is 5.13 Å². The SMILES string of the molecule is CCSC1CCCC1Nc1nc(C)ns1. The van der Waals surface area contributed by atoms with Gasteiger partial charge in [-0.25, -0.2) is 4.98 Å². The molecule has 0 aliphatic heterocycles. The molecule has 2 unspecified atom stereocenters. The van der Waals surface area contributed by atoms with E-state index in [1.165, 1.54) is 36.5 Å². The molecule has 1 aromatic heterocycles. The summed E-state index contributed by atoms with van der Waals surface area (Å²) >= 11 is 3.54. The Morgan fingerprint density at radius 2 is 2.40 bits per heavy atom. The highest BCUT2D eigenvalue weighted by Gasteiger charge is 2.27. The lowest BCUT2D eigenvalue weighted by Gasteiger charge is -2.19. The second-order valence-corrected chi connectivity index (χ2v) is 6.09. The molecule has 0 radical (unpaired) electrons. The number of rotatable bonds is 4. The fraction of sp³-hybridized carbons (Fsp3) is 0.800. The van der Waals surface area contributed by atoms with Gasteiger partial charge >= 0.3 is 0 Å². The first-order chi connectivity index (χ1) is 7.29. The lowest BCUT2D eigenvalue weighted by molar-refractivity contribution is 0.766. The molecule has 3 nitrogen and oxygen atoms in total. The first-order valence-electron chi connectivity index (χ1n) is 5.48. The molecular formula is C10H17N3S2. The third kappa shape index (κ3) is 2.84. The van der Waals surface area contributed by atoms with Crippen molar-refractivity contribution < 1.29 is 0 Å². The van der Waals surface area contributed by atoms with E-state index in [4.69, 9.17) is 0 Å². The van der Waals surface area contributed by atoms with Gasteiger partial charge in [0.15, 0.2) is 0 Å². The van der Waals surface area contributed by atoms with E-state index in [1.54, 1.807) is 0 Å². The van der Waals surface area contributed by atoms with Gasteiger partial charge in [-0.2, -0.15) is 16.1 Å². The molecule has 0 spiro atoms. The minimum Gasteiger partial charge on any atom is -0.356 e. The smallest absolute Gasteiger partial charge is 0.202 e. The summed E-state index contributed by atoms with van der Waals surface area (Å²) in [6.45, 7) is 4.17. The van der Waals surface area contributed by atoms with Crippen LogP contribution in [0.25, 0.3) is 0 Å².